The molecule has 0 bridgehead atoms. The summed E-state index contributed by atoms with van der Waals surface area (Å²) in [6.45, 7) is 0.207. The Bertz CT molecular complexity index is 670. The summed E-state index contributed by atoms with van der Waals surface area (Å²) in [5, 5.41) is 3.20. The van der Waals surface area contributed by atoms with Crippen LogP contribution in [0.15, 0.2) is 24.3 Å². The number of rotatable bonds is 5. The average molecular weight is 364 g/mol. The number of likely N-dealkylation sites (tertiary alicyclic amines) is 1. The van der Waals surface area contributed by atoms with Crippen molar-refractivity contribution < 1.29 is 14.4 Å². The number of likely N-dealkylation sites (N-methyl/N-ethyl adjacent to an activating group) is 1. The first kappa shape index (κ1) is 17.9. The van der Waals surface area contributed by atoms with Gasteiger partial charge in [0.2, 0.25) is 17.7 Å². The molecule has 0 aromatic heterocycles. The first-order valence-electron chi connectivity index (χ1n) is 8.55. The van der Waals surface area contributed by atoms with Crippen molar-refractivity contribution in [2.24, 2.45) is 11.8 Å². The maximum Gasteiger partial charge on any atom is 0.238 e. The molecule has 0 spiro atoms. The number of nitrogens with one attached hydrogen (secondary N) is 1. The van der Waals surface area contributed by atoms with Crippen LogP contribution in [-0.2, 0) is 14.4 Å². The van der Waals surface area contributed by atoms with E-state index in [1.54, 1.807) is 36.2 Å². The van der Waals surface area contributed by atoms with Gasteiger partial charge in [-0.05, 0) is 32.0 Å². The van der Waals surface area contributed by atoms with Crippen LogP contribution in [0.3, 0.4) is 0 Å². The predicted octanol–water partition coefficient (Wildman–Crippen LogP) is 2.34. The van der Waals surface area contributed by atoms with Crippen molar-refractivity contribution in [2.75, 3.05) is 25.6 Å². The summed E-state index contributed by atoms with van der Waals surface area (Å²) in [5.41, 5.74) is 0.543. The number of benzene rings is 1. The molecular formula is C18H22ClN3O3. The third-order valence-electron chi connectivity index (χ3n) is 4.88. The molecule has 0 unspecified atom stereocenters. The Hall–Kier alpha value is -1.92. The van der Waals surface area contributed by atoms with E-state index in [0.29, 0.717) is 10.7 Å². The second-order valence-corrected chi connectivity index (χ2v) is 7.19. The van der Waals surface area contributed by atoms with Gasteiger partial charge in [0.25, 0.3) is 0 Å². The summed E-state index contributed by atoms with van der Waals surface area (Å²) < 4.78 is 0. The van der Waals surface area contributed by atoms with Crippen LogP contribution in [0.1, 0.15) is 25.7 Å². The molecular weight excluding hydrogens is 342 g/mol. The Morgan fingerprint density at radius 2 is 1.80 bits per heavy atom. The van der Waals surface area contributed by atoms with E-state index in [9.17, 15) is 14.4 Å². The molecule has 2 aliphatic rings. The van der Waals surface area contributed by atoms with E-state index in [1.807, 2.05) is 0 Å². The van der Waals surface area contributed by atoms with Gasteiger partial charge in [0.15, 0.2) is 0 Å². The average Bonchev–Trinajstić information content (AvgIpc) is 2.82. The Labute approximate surface area is 152 Å². The lowest BCUT2D eigenvalue weighted by atomic mass is 9.81. The molecule has 1 aromatic carbocycles. The lowest BCUT2D eigenvalue weighted by molar-refractivity contribution is -0.142. The number of carbonyl (C=O) groups excluding carboxylic acids is 3. The second-order valence-electron chi connectivity index (χ2n) is 6.79. The molecule has 1 heterocycles. The van der Waals surface area contributed by atoms with Crippen LogP contribution in [0.5, 0.6) is 0 Å². The van der Waals surface area contributed by atoms with E-state index in [0.717, 1.165) is 25.7 Å². The number of halogens is 1. The molecule has 1 aliphatic heterocycles. The topological polar surface area (TPSA) is 69.7 Å². The molecule has 25 heavy (non-hydrogen) atoms. The van der Waals surface area contributed by atoms with E-state index in [2.05, 4.69) is 5.32 Å². The molecule has 1 saturated carbocycles. The summed E-state index contributed by atoms with van der Waals surface area (Å²) in [4.78, 5) is 40.1. The van der Waals surface area contributed by atoms with Crippen LogP contribution < -0.4 is 5.32 Å². The van der Waals surface area contributed by atoms with E-state index >= 15 is 0 Å². The minimum Gasteiger partial charge on any atom is -0.324 e. The van der Waals surface area contributed by atoms with Crippen molar-refractivity contribution in [2.45, 2.75) is 25.7 Å². The highest BCUT2D eigenvalue weighted by atomic mass is 35.5. The van der Waals surface area contributed by atoms with E-state index in [-0.39, 0.29) is 42.8 Å². The van der Waals surface area contributed by atoms with E-state index in [4.69, 9.17) is 11.6 Å². The Morgan fingerprint density at radius 1 is 1.20 bits per heavy atom. The summed E-state index contributed by atoms with van der Waals surface area (Å²) in [6, 6.07) is 6.99. The van der Waals surface area contributed by atoms with Gasteiger partial charge >= 0.3 is 0 Å². The highest BCUT2D eigenvalue weighted by molar-refractivity contribution is 6.33. The molecule has 1 aliphatic carbocycles. The number of para-hydroxylation sites is 1. The van der Waals surface area contributed by atoms with Gasteiger partial charge in [0.05, 0.1) is 35.8 Å². The van der Waals surface area contributed by atoms with Gasteiger partial charge in [0.1, 0.15) is 0 Å². The van der Waals surface area contributed by atoms with Gasteiger partial charge < -0.3 is 5.32 Å². The molecule has 3 amide bonds. The number of nitrogens with zero attached hydrogens (tertiary/aromatic N) is 2. The smallest absolute Gasteiger partial charge is 0.238 e. The van der Waals surface area contributed by atoms with Crippen LogP contribution in [0, 0.1) is 11.8 Å². The normalized spacial score (nSPS) is 23.1. The maximum absolute atomic E-state index is 12.5. The quantitative estimate of drug-likeness (QED) is 0.815. The van der Waals surface area contributed by atoms with Crippen molar-refractivity contribution in [1.29, 1.82) is 0 Å². The monoisotopic (exact) mass is 363 g/mol. The number of amides is 3. The molecule has 2 fully saturated rings. The number of imide groups is 1. The standard InChI is InChI=1S/C18H22ClN3O3/c1-21(10-16(23)20-15-9-5-4-8-14(15)19)11-22-17(24)12-6-2-3-7-13(12)18(22)25/h4-5,8-9,12-13H,2-3,6-7,10-11H2,1H3,(H,20,23)/t12-,13-/m0/s1. The SMILES string of the molecule is CN(CC(=O)Nc1ccccc1Cl)CN1C(=O)[C@H]2CCCC[C@@H]2C1=O. The molecule has 1 saturated heterocycles. The minimum atomic E-state index is -0.243. The van der Waals surface area contributed by atoms with Gasteiger partial charge in [-0.15, -0.1) is 0 Å². The predicted molar refractivity (Wildman–Crippen MR) is 94.9 cm³/mol. The van der Waals surface area contributed by atoms with Gasteiger partial charge in [-0.1, -0.05) is 36.6 Å². The highest BCUT2D eigenvalue weighted by Gasteiger charge is 2.48. The molecule has 6 nitrogen and oxygen atoms in total. The molecule has 3 rings (SSSR count). The molecule has 7 heteroatoms. The lowest BCUT2D eigenvalue weighted by Gasteiger charge is -2.23. The van der Waals surface area contributed by atoms with Crippen LogP contribution in [0.4, 0.5) is 5.69 Å². The largest absolute Gasteiger partial charge is 0.324 e. The zero-order valence-electron chi connectivity index (χ0n) is 14.2. The molecule has 0 radical (unpaired) electrons. The van der Waals surface area contributed by atoms with Crippen LogP contribution in [0.2, 0.25) is 5.02 Å². The van der Waals surface area contributed by atoms with Crippen LogP contribution in [-0.4, -0.2) is 47.8 Å². The zero-order chi connectivity index (χ0) is 18.0. The summed E-state index contributed by atoms with van der Waals surface area (Å²) in [5.74, 6) is -0.744. The van der Waals surface area contributed by atoms with Gasteiger partial charge in [0, 0.05) is 0 Å². The summed E-state index contributed by atoms with van der Waals surface area (Å²) in [6.07, 6.45) is 3.60. The number of anilines is 1. The fraction of sp³-hybridized carbons (Fsp3) is 0.500. The van der Waals surface area contributed by atoms with Crippen LogP contribution >= 0.6 is 11.6 Å². The first-order chi connectivity index (χ1) is 12.0. The Morgan fingerprint density at radius 3 is 2.40 bits per heavy atom. The number of carbonyl (C=O) groups is 3. The summed E-state index contributed by atoms with van der Waals surface area (Å²) in [7, 11) is 1.72. The fourth-order valence-corrected chi connectivity index (χ4v) is 3.84. The van der Waals surface area contributed by atoms with Crippen molar-refractivity contribution in [3.8, 4) is 0 Å². The molecule has 2 atom stereocenters. The molecule has 134 valence electrons. The molecule has 1 aromatic rings. The van der Waals surface area contributed by atoms with Gasteiger partial charge in [-0.25, -0.2) is 0 Å². The highest BCUT2D eigenvalue weighted by Crippen LogP contribution is 2.37. The summed E-state index contributed by atoms with van der Waals surface area (Å²) >= 11 is 6.02. The van der Waals surface area contributed by atoms with Gasteiger partial charge in [-0.3, -0.25) is 24.2 Å². The first-order valence-corrected chi connectivity index (χ1v) is 8.93. The van der Waals surface area contributed by atoms with Crippen molar-refractivity contribution in [3.63, 3.8) is 0 Å². The van der Waals surface area contributed by atoms with Crippen molar-refractivity contribution in [3.05, 3.63) is 29.3 Å². The maximum atomic E-state index is 12.5. The second kappa shape index (κ2) is 7.54. The van der Waals surface area contributed by atoms with Crippen LogP contribution in [0.25, 0.3) is 0 Å². The Balaban J connectivity index is 1.56. The number of hydrogen-bond donors (Lipinski definition) is 1. The minimum absolute atomic E-state index is 0.0671. The van der Waals surface area contributed by atoms with Crippen molar-refractivity contribution >= 4 is 35.0 Å². The zero-order valence-corrected chi connectivity index (χ0v) is 15.0. The third kappa shape index (κ3) is 3.85. The lowest BCUT2D eigenvalue weighted by Crippen LogP contribution is -2.42. The third-order valence-corrected chi connectivity index (χ3v) is 5.21. The van der Waals surface area contributed by atoms with E-state index in [1.165, 1.54) is 4.90 Å². The van der Waals surface area contributed by atoms with Crippen molar-refractivity contribution in [1.82, 2.24) is 9.80 Å². The number of hydrogen-bond acceptors (Lipinski definition) is 4. The van der Waals surface area contributed by atoms with Gasteiger partial charge in [-0.2, -0.15) is 0 Å². The number of fused-ring (bicyclic) bond motifs is 1. The van der Waals surface area contributed by atoms with E-state index < -0.39 is 0 Å². The Kier molecular flexibility index (Phi) is 5.39. The molecule has 1 N–H and O–H groups in total. The fourth-order valence-electron chi connectivity index (χ4n) is 3.66.